The SMILES string of the molecule is O=S(=O)(CCc1ccccc1)NCC1CCCCN1. The van der Waals surface area contributed by atoms with Gasteiger partial charge in [-0.2, -0.15) is 0 Å². The Morgan fingerprint density at radius 3 is 2.68 bits per heavy atom. The van der Waals surface area contributed by atoms with Crippen molar-refractivity contribution in [1.82, 2.24) is 10.0 Å². The molecule has 4 nitrogen and oxygen atoms in total. The first-order valence-corrected chi connectivity index (χ1v) is 8.55. The third-order valence-electron chi connectivity index (χ3n) is 3.46. The van der Waals surface area contributed by atoms with Crippen molar-refractivity contribution in [2.45, 2.75) is 31.7 Å². The largest absolute Gasteiger partial charge is 0.313 e. The van der Waals surface area contributed by atoms with Gasteiger partial charge in [0.2, 0.25) is 10.0 Å². The average molecular weight is 282 g/mol. The summed E-state index contributed by atoms with van der Waals surface area (Å²) in [6, 6.07) is 10.0. The van der Waals surface area contributed by atoms with E-state index in [9.17, 15) is 8.42 Å². The second-order valence-electron chi connectivity index (χ2n) is 5.05. The summed E-state index contributed by atoms with van der Waals surface area (Å²) < 4.78 is 26.5. The Labute approximate surface area is 115 Å². The fourth-order valence-corrected chi connectivity index (χ4v) is 3.40. The molecule has 0 radical (unpaired) electrons. The second kappa shape index (κ2) is 7.03. The van der Waals surface area contributed by atoms with Crippen molar-refractivity contribution in [3.63, 3.8) is 0 Å². The molecule has 1 unspecified atom stereocenters. The number of aryl methyl sites for hydroxylation is 1. The zero-order valence-electron chi connectivity index (χ0n) is 11.1. The molecule has 5 heteroatoms. The van der Waals surface area contributed by atoms with Crippen LogP contribution < -0.4 is 10.0 Å². The summed E-state index contributed by atoms with van der Waals surface area (Å²) >= 11 is 0. The van der Waals surface area contributed by atoms with Crippen molar-refractivity contribution in [2.75, 3.05) is 18.8 Å². The van der Waals surface area contributed by atoms with Crippen LogP contribution >= 0.6 is 0 Å². The Hall–Kier alpha value is -0.910. The number of rotatable bonds is 6. The standard InChI is InChI=1S/C14H22N2O2S/c17-19(18,11-9-13-6-2-1-3-7-13)16-12-14-8-4-5-10-15-14/h1-3,6-7,14-16H,4-5,8-12H2. The van der Waals surface area contributed by atoms with Gasteiger partial charge in [0.05, 0.1) is 5.75 Å². The minimum atomic E-state index is -3.17. The van der Waals surface area contributed by atoms with Crippen LogP contribution in [-0.4, -0.2) is 33.3 Å². The van der Waals surface area contributed by atoms with Crippen LogP contribution in [0.25, 0.3) is 0 Å². The normalized spacial score (nSPS) is 20.3. The maximum Gasteiger partial charge on any atom is 0.211 e. The lowest BCUT2D eigenvalue weighted by molar-refractivity contribution is 0.398. The topological polar surface area (TPSA) is 58.2 Å². The molecule has 2 rings (SSSR count). The van der Waals surface area contributed by atoms with Crippen molar-refractivity contribution >= 4 is 10.0 Å². The van der Waals surface area contributed by atoms with E-state index in [4.69, 9.17) is 0 Å². The van der Waals surface area contributed by atoms with Gasteiger partial charge in [0.1, 0.15) is 0 Å². The summed E-state index contributed by atoms with van der Waals surface area (Å²) in [7, 11) is -3.17. The smallest absolute Gasteiger partial charge is 0.211 e. The van der Waals surface area contributed by atoms with Gasteiger partial charge in [-0.05, 0) is 31.4 Å². The molecule has 0 bridgehead atoms. The van der Waals surface area contributed by atoms with Gasteiger partial charge in [0.15, 0.2) is 0 Å². The van der Waals surface area contributed by atoms with Crippen molar-refractivity contribution < 1.29 is 8.42 Å². The Balaban J connectivity index is 1.75. The molecule has 1 aromatic rings. The maximum atomic E-state index is 11.9. The monoisotopic (exact) mass is 282 g/mol. The van der Waals surface area contributed by atoms with Crippen LogP contribution in [0.3, 0.4) is 0 Å². The first kappa shape index (κ1) is 14.5. The highest BCUT2D eigenvalue weighted by molar-refractivity contribution is 7.89. The number of benzene rings is 1. The summed E-state index contributed by atoms with van der Waals surface area (Å²) in [5.41, 5.74) is 1.06. The predicted molar refractivity (Wildman–Crippen MR) is 77.6 cm³/mol. The lowest BCUT2D eigenvalue weighted by atomic mass is 10.1. The summed E-state index contributed by atoms with van der Waals surface area (Å²) in [6.07, 6.45) is 4.00. The van der Waals surface area contributed by atoms with Crippen LogP contribution in [0.4, 0.5) is 0 Å². The van der Waals surface area contributed by atoms with Gasteiger partial charge >= 0.3 is 0 Å². The van der Waals surface area contributed by atoms with Crippen LogP contribution in [0.1, 0.15) is 24.8 Å². The molecule has 1 atom stereocenters. The molecule has 1 aliphatic rings. The number of nitrogens with one attached hydrogen (secondary N) is 2. The number of hydrogen-bond acceptors (Lipinski definition) is 3. The number of hydrogen-bond donors (Lipinski definition) is 2. The second-order valence-corrected chi connectivity index (χ2v) is 6.98. The molecule has 0 aliphatic carbocycles. The zero-order valence-corrected chi connectivity index (χ0v) is 12.0. The van der Waals surface area contributed by atoms with Crippen molar-refractivity contribution in [3.05, 3.63) is 35.9 Å². The molecule has 1 aliphatic heterocycles. The molecule has 1 saturated heterocycles. The third-order valence-corrected chi connectivity index (χ3v) is 4.81. The van der Waals surface area contributed by atoms with Crippen LogP contribution in [-0.2, 0) is 16.4 Å². The molecular weight excluding hydrogens is 260 g/mol. The van der Waals surface area contributed by atoms with Gasteiger partial charge in [-0.15, -0.1) is 0 Å². The average Bonchev–Trinajstić information content (AvgIpc) is 2.46. The lowest BCUT2D eigenvalue weighted by Crippen LogP contribution is -2.44. The summed E-state index contributed by atoms with van der Waals surface area (Å²) in [5, 5.41) is 3.34. The van der Waals surface area contributed by atoms with Crippen molar-refractivity contribution in [3.8, 4) is 0 Å². The molecule has 0 spiro atoms. The van der Waals surface area contributed by atoms with Gasteiger partial charge in [-0.3, -0.25) is 0 Å². The van der Waals surface area contributed by atoms with Gasteiger partial charge in [-0.25, -0.2) is 13.1 Å². The highest BCUT2D eigenvalue weighted by atomic mass is 32.2. The molecule has 0 saturated carbocycles. The fourth-order valence-electron chi connectivity index (χ4n) is 2.29. The first-order chi connectivity index (χ1) is 9.16. The molecule has 1 aromatic carbocycles. The molecule has 106 valence electrons. The van der Waals surface area contributed by atoms with E-state index in [1.165, 1.54) is 12.8 Å². The lowest BCUT2D eigenvalue weighted by Gasteiger charge is -2.23. The highest BCUT2D eigenvalue weighted by Crippen LogP contribution is 2.06. The molecule has 19 heavy (non-hydrogen) atoms. The van der Waals surface area contributed by atoms with Crippen LogP contribution in [0.15, 0.2) is 30.3 Å². The number of sulfonamides is 1. The summed E-state index contributed by atoms with van der Waals surface area (Å²) in [6.45, 7) is 1.51. The molecule has 0 aromatic heterocycles. The quantitative estimate of drug-likeness (QED) is 0.826. The predicted octanol–water partition coefficient (Wildman–Crippen LogP) is 1.29. The summed E-state index contributed by atoms with van der Waals surface area (Å²) in [4.78, 5) is 0. The van der Waals surface area contributed by atoms with E-state index in [0.717, 1.165) is 18.5 Å². The van der Waals surface area contributed by atoms with Crippen molar-refractivity contribution in [2.24, 2.45) is 0 Å². The van der Waals surface area contributed by atoms with E-state index in [2.05, 4.69) is 10.0 Å². The Bertz CT molecular complexity index is 467. The van der Waals surface area contributed by atoms with Gasteiger partial charge < -0.3 is 5.32 Å². The zero-order chi connectivity index (χ0) is 13.6. The summed E-state index contributed by atoms with van der Waals surface area (Å²) in [5.74, 6) is 0.156. The van der Waals surface area contributed by atoms with E-state index < -0.39 is 10.0 Å². The van der Waals surface area contributed by atoms with E-state index in [1.54, 1.807) is 0 Å². The van der Waals surface area contributed by atoms with E-state index >= 15 is 0 Å². The van der Waals surface area contributed by atoms with E-state index in [-0.39, 0.29) is 5.75 Å². The number of piperidine rings is 1. The van der Waals surface area contributed by atoms with Gasteiger partial charge in [0.25, 0.3) is 0 Å². The maximum absolute atomic E-state index is 11.9. The van der Waals surface area contributed by atoms with Crippen molar-refractivity contribution in [1.29, 1.82) is 0 Å². The van der Waals surface area contributed by atoms with E-state index in [1.807, 2.05) is 30.3 Å². The minimum absolute atomic E-state index is 0.156. The van der Waals surface area contributed by atoms with Crippen LogP contribution in [0.2, 0.25) is 0 Å². The fraction of sp³-hybridized carbons (Fsp3) is 0.571. The van der Waals surface area contributed by atoms with Crippen LogP contribution in [0, 0.1) is 0 Å². The molecule has 1 heterocycles. The van der Waals surface area contributed by atoms with E-state index in [0.29, 0.717) is 19.0 Å². The highest BCUT2D eigenvalue weighted by Gasteiger charge is 2.16. The minimum Gasteiger partial charge on any atom is -0.313 e. The molecule has 1 fully saturated rings. The molecule has 2 N–H and O–H groups in total. The Morgan fingerprint density at radius 2 is 2.00 bits per heavy atom. The molecular formula is C14H22N2O2S. The van der Waals surface area contributed by atoms with Crippen LogP contribution in [0.5, 0.6) is 0 Å². The Kier molecular flexibility index (Phi) is 5.36. The Morgan fingerprint density at radius 1 is 1.21 bits per heavy atom. The van der Waals surface area contributed by atoms with Gasteiger partial charge in [0, 0.05) is 12.6 Å². The molecule has 0 amide bonds. The third kappa shape index (κ3) is 5.30. The van der Waals surface area contributed by atoms with Gasteiger partial charge in [-0.1, -0.05) is 36.8 Å². The first-order valence-electron chi connectivity index (χ1n) is 6.90.